The molecule has 2 aromatic rings. The van der Waals surface area contributed by atoms with E-state index in [2.05, 4.69) is 54.9 Å². The maximum Gasteiger partial charge on any atom is 0.109 e. The molecule has 1 heterocycles. The summed E-state index contributed by atoms with van der Waals surface area (Å²) in [7, 11) is 0. The number of nitrogens with one attached hydrogen (secondary N) is 1. The first-order valence-electron chi connectivity index (χ1n) is 7.90. The molecule has 0 bridgehead atoms. The fraction of sp³-hybridized carbons (Fsp3) is 0.588. The topological polar surface area (TPSA) is 29.9 Å². The molecule has 1 aromatic heterocycles. The highest BCUT2D eigenvalue weighted by Crippen LogP contribution is 2.17. The molecular formula is C17H27N3. The largest absolute Gasteiger partial charge is 0.328 e. The van der Waals surface area contributed by atoms with Gasteiger partial charge in [-0.25, -0.2) is 4.98 Å². The molecule has 3 nitrogen and oxygen atoms in total. The third kappa shape index (κ3) is 3.83. The molecule has 110 valence electrons. The van der Waals surface area contributed by atoms with E-state index >= 15 is 0 Å². The summed E-state index contributed by atoms with van der Waals surface area (Å²) in [6, 6.07) is 9.06. The highest BCUT2D eigenvalue weighted by Gasteiger charge is 2.09. The van der Waals surface area contributed by atoms with E-state index in [1.54, 1.807) is 0 Å². The fourth-order valence-corrected chi connectivity index (χ4v) is 2.59. The predicted molar refractivity (Wildman–Crippen MR) is 86.1 cm³/mol. The van der Waals surface area contributed by atoms with E-state index in [1.807, 2.05) is 0 Å². The van der Waals surface area contributed by atoms with Gasteiger partial charge in [0.25, 0.3) is 0 Å². The van der Waals surface area contributed by atoms with Gasteiger partial charge < -0.3 is 9.88 Å². The van der Waals surface area contributed by atoms with Crippen LogP contribution in [0.3, 0.4) is 0 Å². The summed E-state index contributed by atoms with van der Waals surface area (Å²) in [5, 5.41) is 3.47. The molecule has 0 radical (unpaired) electrons. The van der Waals surface area contributed by atoms with Crippen LogP contribution in [0.1, 0.15) is 45.9 Å². The standard InChI is InChI=1S/C17H27N3/c1-4-13-20-16-10-6-5-9-15(16)19-17(20)11-7-8-12-18-14(2)3/h5-6,9-10,14,18H,4,7-8,11-13H2,1-3H3. The Labute approximate surface area is 122 Å². The van der Waals surface area contributed by atoms with E-state index in [9.17, 15) is 0 Å². The van der Waals surface area contributed by atoms with E-state index in [0.29, 0.717) is 6.04 Å². The molecule has 0 aliphatic carbocycles. The molecule has 2 rings (SSSR count). The van der Waals surface area contributed by atoms with Gasteiger partial charge in [-0.3, -0.25) is 0 Å². The van der Waals surface area contributed by atoms with Crippen LogP contribution >= 0.6 is 0 Å². The van der Waals surface area contributed by atoms with Crippen molar-refractivity contribution in [2.45, 2.75) is 59.0 Å². The summed E-state index contributed by atoms with van der Waals surface area (Å²) in [5.41, 5.74) is 2.42. The number of benzene rings is 1. The number of aryl methyl sites for hydroxylation is 2. The minimum absolute atomic E-state index is 0.583. The van der Waals surface area contributed by atoms with Crippen LogP contribution in [0, 0.1) is 0 Å². The summed E-state index contributed by atoms with van der Waals surface area (Å²) in [6.45, 7) is 8.79. The average Bonchev–Trinajstić information content (AvgIpc) is 2.77. The van der Waals surface area contributed by atoms with E-state index in [-0.39, 0.29) is 0 Å². The van der Waals surface area contributed by atoms with E-state index in [1.165, 1.54) is 24.2 Å². The first kappa shape index (κ1) is 15.0. The molecule has 20 heavy (non-hydrogen) atoms. The van der Waals surface area contributed by atoms with Gasteiger partial charge in [0.1, 0.15) is 5.82 Å². The number of aromatic nitrogens is 2. The van der Waals surface area contributed by atoms with E-state index in [0.717, 1.165) is 31.4 Å². The van der Waals surface area contributed by atoms with Crippen molar-refractivity contribution in [3.63, 3.8) is 0 Å². The molecule has 0 unspecified atom stereocenters. The molecule has 0 saturated carbocycles. The van der Waals surface area contributed by atoms with Crippen molar-refractivity contribution in [1.29, 1.82) is 0 Å². The van der Waals surface area contributed by atoms with Crippen LogP contribution in [0.5, 0.6) is 0 Å². The maximum atomic E-state index is 4.81. The first-order chi connectivity index (χ1) is 9.72. The van der Waals surface area contributed by atoms with Crippen LogP contribution in [0.25, 0.3) is 11.0 Å². The molecule has 0 aliphatic rings. The number of fused-ring (bicyclic) bond motifs is 1. The molecule has 1 N–H and O–H groups in total. The molecular weight excluding hydrogens is 246 g/mol. The first-order valence-corrected chi connectivity index (χ1v) is 7.90. The number of nitrogens with zero attached hydrogens (tertiary/aromatic N) is 2. The monoisotopic (exact) mass is 273 g/mol. The third-order valence-corrected chi connectivity index (χ3v) is 3.56. The maximum absolute atomic E-state index is 4.81. The quantitative estimate of drug-likeness (QED) is 0.742. The van der Waals surface area contributed by atoms with Gasteiger partial charge in [0, 0.05) is 19.0 Å². The van der Waals surface area contributed by atoms with Crippen molar-refractivity contribution in [3.8, 4) is 0 Å². The fourth-order valence-electron chi connectivity index (χ4n) is 2.59. The lowest BCUT2D eigenvalue weighted by Gasteiger charge is -2.09. The lowest BCUT2D eigenvalue weighted by molar-refractivity contribution is 0.548. The van der Waals surface area contributed by atoms with Crippen molar-refractivity contribution >= 4 is 11.0 Å². The predicted octanol–water partition coefficient (Wildman–Crippen LogP) is 3.77. The van der Waals surface area contributed by atoms with Gasteiger partial charge in [0.2, 0.25) is 0 Å². The normalized spacial score (nSPS) is 11.6. The van der Waals surface area contributed by atoms with Crippen LogP contribution in [0.2, 0.25) is 0 Å². The van der Waals surface area contributed by atoms with Crippen LogP contribution in [-0.4, -0.2) is 22.1 Å². The second-order valence-corrected chi connectivity index (χ2v) is 5.73. The Hall–Kier alpha value is -1.35. The van der Waals surface area contributed by atoms with Gasteiger partial charge in [-0.1, -0.05) is 32.9 Å². The Balaban J connectivity index is 1.99. The van der Waals surface area contributed by atoms with Crippen LogP contribution in [0.15, 0.2) is 24.3 Å². The zero-order valence-electron chi connectivity index (χ0n) is 13.0. The highest BCUT2D eigenvalue weighted by atomic mass is 15.1. The van der Waals surface area contributed by atoms with Crippen molar-refractivity contribution in [2.24, 2.45) is 0 Å². The number of hydrogen-bond acceptors (Lipinski definition) is 2. The van der Waals surface area contributed by atoms with Gasteiger partial charge in [0.05, 0.1) is 11.0 Å². The Morgan fingerprint density at radius 2 is 2.00 bits per heavy atom. The number of para-hydroxylation sites is 2. The van der Waals surface area contributed by atoms with Crippen LogP contribution < -0.4 is 5.32 Å². The van der Waals surface area contributed by atoms with Crippen LogP contribution in [-0.2, 0) is 13.0 Å². The molecule has 0 atom stereocenters. The Bertz CT molecular complexity index is 528. The molecule has 0 amide bonds. The van der Waals surface area contributed by atoms with Crippen molar-refractivity contribution in [1.82, 2.24) is 14.9 Å². The molecule has 0 spiro atoms. The van der Waals surface area contributed by atoms with E-state index < -0.39 is 0 Å². The molecule has 0 saturated heterocycles. The van der Waals surface area contributed by atoms with Crippen molar-refractivity contribution in [3.05, 3.63) is 30.1 Å². The Morgan fingerprint density at radius 1 is 1.20 bits per heavy atom. The van der Waals surface area contributed by atoms with Gasteiger partial charge in [-0.15, -0.1) is 0 Å². The zero-order valence-corrected chi connectivity index (χ0v) is 13.0. The van der Waals surface area contributed by atoms with E-state index in [4.69, 9.17) is 4.98 Å². The molecule has 0 aliphatic heterocycles. The summed E-state index contributed by atoms with van der Waals surface area (Å²) < 4.78 is 2.39. The molecule has 1 aromatic carbocycles. The third-order valence-electron chi connectivity index (χ3n) is 3.56. The Kier molecular flexibility index (Phi) is 5.60. The second-order valence-electron chi connectivity index (χ2n) is 5.73. The van der Waals surface area contributed by atoms with Gasteiger partial charge in [-0.2, -0.15) is 0 Å². The average molecular weight is 273 g/mol. The van der Waals surface area contributed by atoms with Crippen LogP contribution in [0.4, 0.5) is 0 Å². The molecule has 3 heteroatoms. The molecule has 0 fully saturated rings. The van der Waals surface area contributed by atoms with Crippen molar-refractivity contribution in [2.75, 3.05) is 6.54 Å². The smallest absolute Gasteiger partial charge is 0.109 e. The zero-order chi connectivity index (χ0) is 14.4. The number of rotatable bonds is 8. The minimum Gasteiger partial charge on any atom is -0.328 e. The lowest BCUT2D eigenvalue weighted by Crippen LogP contribution is -2.23. The number of unbranched alkanes of at least 4 members (excludes halogenated alkanes) is 1. The number of imidazole rings is 1. The lowest BCUT2D eigenvalue weighted by atomic mass is 10.2. The van der Waals surface area contributed by atoms with Gasteiger partial charge in [0.15, 0.2) is 0 Å². The minimum atomic E-state index is 0.583. The summed E-state index contributed by atoms with van der Waals surface area (Å²) in [6.07, 6.45) is 4.65. The highest BCUT2D eigenvalue weighted by molar-refractivity contribution is 5.75. The number of hydrogen-bond donors (Lipinski definition) is 1. The second kappa shape index (κ2) is 7.44. The summed E-state index contributed by atoms with van der Waals surface area (Å²) >= 11 is 0. The van der Waals surface area contributed by atoms with Gasteiger partial charge >= 0.3 is 0 Å². The summed E-state index contributed by atoms with van der Waals surface area (Å²) in [5.74, 6) is 1.25. The van der Waals surface area contributed by atoms with Crippen molar-refractivity contribution < 1.29 is 0 Å². The SMILES string of the molecule is CCCn1c(CCCCNC(C)C)nc2ccccc21. The summed E-state index contributed by atoms with van der Waals surface area (Å²) in [4.78, 5) is 4.81. The van der Waals surface area contributed by atoms with Gasteiger partial charge in [-0.05, 0) is 37.9 Å². The Morgan fingerprint density at radius 3 is 2.75 bits per heavy atom.